The zero-order valence-electron chi connectivity index (χ0n) is 19.8. The molecule has 1 unspecified atom stereocenters. The molecule has 0 aliphatic rings. The number of benzene rings is 2. The van der Waals surface area contributed by atoms with Crippen molar-refractivity contribution in [3.05, 3.63) is 48.0 Å². The van der Waals surface area contributed by atoms with E-state index < -0.39 is 35.1 Å². The maximum Gasteiger partial charge on any atom is 0.443 e. The molecular formula is C23H32N4O6. The van der Waals surface area contributed by atoms with Gasteiger partial charge in [-0.1, -0.05) is 63.2 Å². The average molecular weight is 461 g/mol. The van der Waals surface area contributed by atoms with Gasteiger partial charge in [0.2, 0.25) is 0 Å². The number of nitrogens with one attached hydrogen (secondary N) is 3. The number of hydrogen-bond acceptors (Lipinski definition) is 7. The van der Waals surface area contributed by atoms with Crippen molar-refractivity contribution in [2.24, 2.45) is 11.1 Å². The molecule has 0 radical (unpaired) electrons. The number of hydroxylamine groups is 1. The van der Waals surface area contributed by atoms with Gasteiger partial charge in [-0.15, -0.1) is 5.48 Å². The number of primary amides is 1. The van der Waals surface area contributed by atoms with Crippen molar-refractivity contribution in [3.8, 4) is 0 Å². The summed E-state index contributed by atoms with van der Waals surface area (Å²) in [7, 11) is 0. The number of carbonyl (C=O) groups is 3. The second-order valence-corrected chi connectivity index (χ2v) is 9.46. The number of carbonyl (C=O) groups excluding carboxylic acids is 3. The van der Waals surface area contributed by atoms with E-state index in [0.29, 0.717) is 0 Å². The van der Waals surface area contributed by atoms with Crippen LogP contribution >= 0.6 is 0 Å². The summed E-state index contributed by atoms with van der Waals surface area (Å²) >= 11 is 0. The normalized spacial score (nSPS) is 13.5. The van der Waals surface area contributed by atoms with E-state index in [2.05, 4.69) is 15.5 Å². The van der Waals surface area contributed by atoms with Crippen molar-refractivity contribution in [3.63, 3.8) is 0 Å². The van der Waals surface area contributed by atoms with Crippen molar-refractivity contribution >= 4 is 29.1 Å². The topological polar surface area (TPSA) is 141 Å². The molecule has 0 heterocycles. The predicted molar refractivity (Wildman–Crippen MR) is 123 cm³/mol. The summed E-state index contributed by atoms with van der Waals surface area (Å²) < 4.78 is 10.9. The Morgan fingerprint density at radius 2 is 1.52 bits per heavy atom. The number of nitrogens with two attached hydrogens (primary N) is 1. The summed E-state index contributed by atoms with van der Waals surface area (Å²) in [6, 6.07) is 13.6. The second kappa shape index (κ2) is 9.95. The molecule has 3 amide bonds. The van der Waals surface area contributed by atoms with Crippen molar-refractivity contribution in [1.29, 1.82) is 0 Å². The van der Waals surface area contributed by atoms with Gasteiger partial charge in [0.05, 0.1) is 0 Å². The Bertz CT molecular complexity index is 1010. The van der Waals surface area contributed by atoms with Crippen LogP contribution in [0.25, 0.3) is 10.8 Å². The molecule has 0 spiro atoms. The monoisotopic (exact) mass is 460 g/mol. The van der Waals surface area contributed by atoms with E-state index in [0.717, 1.165) is 16.3 Å². The first-order valence-electron chi connectivity index (χ1n) is 10.4. The molecule has 180 valence electrons. The van der Waals surface area contributed by atoms with Crippen LogP contribution in [-0.4, -0.2) is 29.7 Å². The lowest BCUT2D eigenvalue weighted by atomic mass is 9.88. The number of rotatable bonds is 5. The van der Waals surface area contributed by atoms with Gasteiger partial charge in [0.15, 0.2) is 0 Å². The predicted octanol–water partition coefficient (Wildman–Crippen LogP) is 3.89. The van der Waals surface area contributed by atoms with Crippen molar-refractivity contribution < 1.29 is 28.7 Å². The number of hydrogen-bond donors (Lipinski definition) is 4. The molecule has 33 heavy (non-hydrogen) atoms. The van der Waals surface area contributed by atoms with Gasteiger partial charge in [-0.25, -0.2) is 14.4 Å². The Hall–Kier alpha value is -3.53. The zero-order chi connectivity index (χ0) is 24.9. The molecule has 2 aromatic rings. The number of fused-ring (bicyclic) bond motifs is 1. The first-order valence-corrected chi connectivity index (χ1v) is 10.4. The number of alkyl carbamates (subject to hydrolysis) is 1. The molecule has 10 heteroatoms. The lowest BCUT2D eigenvalue weighted by Crippen LogP contribution is -2.69. The molecule has 5 N–H and O–H groups in total. The lowest BCUT2D eigenvalue weighted by molar-refractivity contribution is -0.125. The van der Waals surface area contributed by atoms with Crippen LogP contribution in [0.4, 0.5) is 14.4 Å². The molecule has 0 fully saturated rings. The standard InChI is InChI=1S/C23H32N4O6/c1-21(2,3)23(26-19(29)31-22(4,5)6,32-20(30)27-33-18(24)28)25-14-16-12-9-11-15-10-7-8-13-17(15)16/h7-13,25H,14H2,1-6H3,(H2,24,28)(H,26,29)(H,27,30). The number of amides is 3. The average Bonchev–Trinajstić information content (AvgIpc) is 2.68. The van der Waals surface area contributed by atoms with Gasteiger partial charge < -0.3 is 20.0 Å². The smallest absolute Gasteiger partial charge is 0.443 e. The molecule has 0 aliphatic heterocycles. The number of ether oxygens (including phenoxy) is 2. The van der Waals surface area contributed by atoms with E-state index in [1.165, 1.54) is 0 Å². The van der Waals surface area contributed by atoms with Crippen LogP contribution in [0.15, 0.2) is 42.5 Å². The van der Waals surface area contributed by atoms with Crippen LogP contribution in [0.1, 0.15) is 47.1 Å². The zero-order valence-corrected chi connectivity index (χ0v) is 19.8. The highest BCUT2D eigenvalue weighted by atomic mass is 16.7. The van der Waals surface area contributed by atoms with Crippen LogP contribution in [0.5, 0.6) is 0 Å². The summed E-state index contributed by atoms with van der Waals surface area (Å²) in [4.78, 5) is 40.3. The second-order valence-electron chi connectivity index (χ2n) is 9.46. The van der Waals surface area contributed by atoms with E-state index in [9.17, 15) is 14.4 Å². The molecule has 2 rings (SSSR count). The maximum atomic E-state index is 12.7. The minimum atomic E-state index is -1.77. The highest BCUT2D eigenvalue weighted by Crippen LogP contribution is 2.31. The molecular weight excluding hydrogens is 428 g/mol. The van der Waals surface area contributed by atoms with Crippen LogP contribution < -0.4 is 21.8 Å². The molecule has 2 aromatic carbocycles. The highest BCUT2D eigenvalue weighted by Gasteiger charge is 2.48. The largest absolute Gasteiger partial charge is 0.444 e. The first-order chi connectivity index (χ1) is 15.2. The van der Waals surface area contributed by atoms with Crippen molar-refractivity contribution in [2.75, 3.05) is 0 Å². The molecule has 0 bridgehead atoms. The van der Waals surface area contributed by atoms with Gasteiger partial charge in [0, 0.05) is 12.0 Å². The van der Waals surface area contributed by atoms with Crippen LogP contribution in [-0.2, 0) is 20.9 Å². The SMILES string of the molecule is CC(C)(C)OC(=O)NC(NCc1cccc2ccccc12)(OC(=O)NOC(N)=O)C(C)(C)C. The molecule has 1 atom stereocenters. The fourth-order valence-corrected chi connectivity index (χ4v) is 3.08. The maximum absolute atomic E-state index is 12.7. The Morgan fingerprint density at radius 1 is 0.879 bits per heavy atom. The third kappa shape index (κ3) is 7.25. The molecule has 0 aliphatic carbocycles. The third-order valence-electron chi connectivity index (χ3n) is 4.62. The molecule has 10 nitrogen and oxygen atoms in total. The summed E-state index contributed by atoms with van der Waals surface area (Å²) in [6.45, 7) is 10.6. The Morgan fingerprint density at radius 3 is 2.12 bits per heavy atom. The summed E-state index contributed by atoms with van der Waals surface area (Å²) in [5.74, 6) is -1.77. The van der Waals surface area contributed by atoms with E-state index in [4.69, 9.17) is 15.2 Å². The third-order valence-corrected chi connectivity index (χ3v) is 4.62. The lowest BCUT2D eigenvalue weighted by Gasteiger charge is -2.44. The van der Waals surface area contributed by atoms with Crippen LogP contribution in [0.3, 0.4) is 0 Å². The Balaban J connectivity index is 2.40. The fraction of sp³-hybridized carbons (Fsp3) is 0.435. The highest BCUT2D eigenvalue weighted by molar-refractivity contribution is 5.85. The van der Waals surface area contributed by atoms with Gasteiger partial charge in [-0.2, -0.15) is 0 Å². The summed E-state index contributed by atoms with van der Waals surface area (Å²) in [6.07, 6.45) is -3.19. The van der Waals surface area contributed by atoms with E-state index >= 15 is 0 Å². The van der Waals surface area contributed by atoms with Gasteiger partial charge in [-0.3, -0.25) is 10.6 Å². The molecule has 0 saturated heterocycles. The van der Waals surface area contributed by atoms with Crippen LogP contribution in [0, 0.1) is 5.41 Å². The van der Waals surface area contributed by atoms with Gasteiger partial charge in [0.1, 0.15) is 5.60 Å². The minimum Gasteiger partial charge on any atom is -0.444 e. The molecule has 0 aromatic heterocycles. The van der Waals surface area contributed by atoms with Crippen LogP contribution in [0.2, 0.25) is 0 Å². The Labute approximate surface area is 193 Å². The van der Waals surface area contributed by atoms with E-state index in [1.807, 2.05) is 42.5 Å². The van der Waals surface area contributed by atoms with Gasteiger partial charge in [-0.05, 0) is 37.1 Å². The first kappa shape index (κ1) is 25.7. The van der Waals surface area contributed by atoms with Crippen molar-refractivity contribution in [1.82, 2.24) is 16.1 Å². The summed E-state index contributed by atoms with van der Waals surface area (Å²) in [5.41, 5.74) is 5.91. The van der Waals surface area contributed by atoms with E-state index in [1.54, 1.807) is 47.0 Å². The fourth-order valence-electron chi connectivity index (χ4n) is 3.08. The Kier molecular flexibility index (Phi) is 7.76. The van der Waals surface area contributed by atoms with E-state index in [-0.39, 0.29) is 6.54 Å². The minimum absolute atomic E-state index is 0.221. The molecule has 0 saturated carbocycles. The quantitative estimate of drug-likeness (QED) is 0.301. The van der Waals surface area contributed by atoms with Crippen molar-refractivity contribution in [2.45, 2.75) is 59.5 Å². The summed E-state index contributed by atoms with van der Waals surface area (Å²) in [5, 5.41) is 7.82. The van der Waals surface area contributed by atoms with Gasteiger partial charge in [0.25, 0.3) is 5.85 Å². The van der Waals surface area contributed by atoms with Gasteiger partial charge >= 0.3 is 18.3 Å².